The molecule has 0 amide bonds. The van der Waals surface area contributed by atoms with Crippen LogP contribution in [0.5, 0.6) is 0 Å². The van der Waals surface area contributed by atoms with E-state index in [9.17, 15) is 0 Å². The molecule has 1 aromatic carbocycles. The summed E-state index contributed by atoms with van der Waals surface area (Å²) in [5, 5.41) is 0. The Labute approximate surface area is 124 Å². The lowest BCUT2D eigenvalue weighted by Gasteiger charge is -2.43. The minimum atomic E-state index is 0.516. The van der Waals surface area contributed by atoms with Gasteiger partial charge in [-0.05, 0) is 37.4 Å². The average molecular weight is 274 g/mol. The summed E-state index contributed by atoms with van der Waals surface area (Å²) in [5.41, 5.74) is 2.92. The Balaban J connectivity index is 2.11. The second-order valence-corrected chi connectivity index (χ2v) is 6.48. The fourth-order valence-corrected chi connectivity index (χ4v) is 3.28. The number of piperazine rings is 1. The summed E-state index contributed by atoms with van der Waals surface area (Å²) in [7, 11) is 0. The third-order valence-electron chi connectivity index (χ3n) is 4.77. The molecule has 2 atom stereocenters. The maximum absolute atomic E-state index is 2.66. The van der Waals surface area contributed by atoms with Crippen LogP contribution in [-0.4, -0.2) is 42.0 Å². The van der Waals surface area contributed by atoms with Crippen molar-refractivity contribution in [3.63, 3.8) is 0 Å². The molecule has 1 fully saturated rings. The molecule has 2 rings (SSSR count). The molecular weight excluding hydrogens is 244 g/mol. The van der Waals surface area contributed by atoms with Gasteiger partial charge in [0.05, 0.1) is 0 Å². The standard InChI is InChI=1S/C18H30N2/c1-6-19-10-11-20(15(4)13-19)16(5)18-9-7-8-17(12-18)14(2)3/h7-9,12,14-16H,6,10-11,13H2,1-5H3/t15-,16+/m1/s1. The first kappa shape index (κ1) is 15.5. The molecule has 0 radical (unpaired) electrons. The van der Waals surface area contributed by atoms with Crippen LogP contribution in [0.15, 0.2) is 24.3 Å². The molecule has 1 heterocycles. The lowest BCUT2D eigenvalue weighted by atomic mass is 9.96. The zero-order valence-electron chi connectivity index (χ0n) is 13.8. The van der Waals surface area contributed by atoms with Gasteiger partial charge in [-0.2, -0.15) is 0 Å². The van der Waals surface area contributed by atoms with Crippen molar-refractivity contribution < 1.29 is 0 Å². The molecule has 112 valence electrons. The van der Waals surface area contributed by atoms with E-state index in [1.165, 1.54) is 37.3 Å². The number of likely N-dealkylation sites (N-methyl/N-ethyl adjacent to an activating group) is 1. The number of hydrogen-bond acceptors (Lipinski definition) is 2. The van der Waals surface area contributed by atoms with Crippen LogP contribution in [0.3, 0.4) is 0 Å². The van der Waals surface area contributed by atoms with Gasteiger partial charge in [0.25, 0.3) is 0 Å². The summed E-state index contributed by atoms with van der Waals surface area (Å²) >= 11 is 0. The molecule has 0 spiro atoms. The second-order valence-electron chi connectivity index (χ2n) is 6.48. The Hall–Kier alpha value is -0.860. The average Bonchev–Trinajstić information content (AvgIpc) is 2.46. The third-order valence-corrected chi connectivity index (χ3v) is 4.77. The zero-order valence-corrected chi connectivity index (χ0v) is 13.8. The van der Waals surface area contributed by atoms with Crippen LogP contribution in [0.25, 0.3) is 0 Å². The van der Waals surface area contributed by atoms with Gasteiger partial charge in [-0.3, -0.25) is 4.90 Å². The van der Waals surface area contributed by atoms with E-state index in [1.807, 2.05) is 0 Å². The van der Waals surface area contributed by atoms with Gasteiger partial charge in [0, 0.05) is 31.7 Å². The maximum Gasteiger partial charge on any atom is 0.0323 e. The van der Waals surface area contributed by atoms with Gasteiger partial charge >= 0.3 is 0 Å². The molecule has 0 unspecified atom stereocenters. The Morgan fingerprint density at radius 3 is 2.45 bits per heavy atom. The first-order valence-corrected chi connectivity index (χ1v) is 8.10. The van der Waals surface area contributed by atoms with E-state index >= 15 is 0 Å². The SMILES string of the molecule is CCN1CCN([C@@H](C)c2cccc(C(C)C)c2)[C@H](C)C1. The lowest BCUT2D eigenvalue weighted by molar-refractivity contribution is 0.0570. The van der Waals surface area contributed by atoms with Crippen LogP contribution in [0.1, 0.15) is 57.7 Å². The van der Waals surface area contributed by atoms with Gasteiger partial charge < -0.3 is 4.90 Å². The van der Waals surface area contributed by atoms with Crippen LogP contribution in [-0.2, 0) is 0 Å². The normalized spacial score (nSPS) is 23.2. The lowest BCUT2D eigenvalue weighted by Crippen LogP contribution is -2.52. The van der Waals surface area contributed by atoms with E-state index < -0.39 is 0 Å². The smallest absolute Gasteiger partial charge is 0.0323 e. The molecule has 2 nitrogen and oxygen atoms in total. The highest BCUT2D eigenvalue weighted by Gasteiger charge is 2.27. The summed E-state index contributed by atoms with van der Waals surface area (Å²) in [6, 6.07) is 10.3. The van der Waals surface area contributed by atoms with Crippen molar-refractivity contribution in [3.8, 4) is 0 Å². The van der Waals surface area contributed by atoms with Crippen molar-refractivity contribution in [3.05, 3.63) is 35.4 Å². The van der Waals surface area contributed by atoms with Crippen LogP contribution in [0.4, 0.5) is 0 Å². The monoisotopic (exact) mass is 274 g/mol. The topological polar surface area (TPSA) is 6.48 Å². The fourth-order valence-electron chi connectivity index (χ4n) is 3.28. The minimum Gasteiger partial charge on any atom is -0.301 e. The Morgan fingerprint density at radius 2 is 1.85 bits per heavy atom. The first-order valence-electron chi connectivity index (χ1n) is 8.10. The molecule has 0 saturated carbocycles. The fraction of sp³-hybridized carbons (Fsp3) is 0.667. The van der Waals surface area contributed by atoms with Crippen molar-refractivity contribution in [1.29, 1.82) is 0 Å². The predicted molar refractivity (Wildman–Crippen MR) is 87.2 cm³/mol. The Morgan fingerprint density at radius 1 is 1.15 bits per heavy atom. The van der Waals surface area contributed by atoms with Gasteiger partial charge in [-0.1, -0.05) is 45.0 Å². The first-order chi connectivity index (χ1) is 9.52. The maximum atomic E-state index is 2.66. The van der Waals surface area contributed by atoms with E-state index in [0.717, 1.165) is 0 Å². The third kappa shape index (κ3) is 3.42. The van der Waals surface area contributed by atoms with E-state index in [2.05, 4.69) is 68.7 Å². The van der Waals surface area contributed by atoms with E-state index in [0.29, 0.717) is 18.0 Å². The quantitative estimate of drug-likeness (QED) is 0.821. The van der Waals surface area contributed by atoms with Gasteiger partial charge in [0.1, 0.15) is 0 Å². The second kappa shape index (κ2) is 6.73. The highest BCUT2D eigenvalue weighted by atomic mass is 15.3. The highest BCUT2D eigenvalue weighted by Crippen LogP contribution is 2.27. The highest BCUT2D eigenvalue weighted by molar-refractivity contribution is 5.28. The molecule has 0 aromatic heterocycles. The van der Waals surface area contributed by atoms with E-state index in [1.54, 1.807) is 0 Å². The van der Waals surface area contributed by atoms with Crippen LogP contribution >= 0.6 is 0 Å². The zero-order chi connectivity index (χ0) is 14.7. The van der Waals surface area contributed by atoms with Crippen LogP contribution in [0.2, 0.25) is 0 Å². The molecule has 1 aromatic rings. The largest absolute Gasteiger partial charge is 0.301 e. The molecule has 2 heteroatoms. The summed E-state index contributed by atoms with van der Waals surface area (Å²) in [5.74, 6) is 0.608. The summed E-state index contributed by atoms with van der Waals surface area (Å²) < 4.78 is 0. The summed E-state index contributed by atoms with van der Waals surface area (Å²) in [6.45, 7) is 16.3. The van der Waals surface area contributed by atoms with Crippen molar-refractivity contribution in [2.75, 3.05) is 26.2 Å². The number of hydrogen-bond donors (Lipinski definition) is 0. The molecule has 0 bridgehead atoms. The summed E-state index contributed by atoms with van der Waals surface area (Å²) in [6.07, 6.45) is 0. The molecule has 1 saturated heterocycles. The van der Waals surface area contributed by atoms with Crippen LogP contribution < -0.4 is 0 Å². The molecule has 1 aliphatic rings. The predicted octanol–water partition coefficient (Wildman–Crippen LogP) is 3.90. The molecule has 1 aliphatic heterocycles. The van der Waals surface area contributed by atoms with Crippen molar-refractivity contribution in [2.24, 2.45) is 0 Å². The van der Waals surface area contributed by atoms with Gasteiger partial charge in [0.2, 0.25) is 0 Å². The van der Waals surface area contributed by atoms with Crippen molar-refractivity contribution in [2.45, 2.75) is 52.6 Å². The minimum absolute atomic E-state index is 0.516. The Bertz CT molecular complexity index is 427. The number of nitrogens with zero attached hydrogens (tertiary/aromatic N) is 2. The Kier molecular flexibility index (Phi) is 5.22. The molecule has 0 aliphatic carbocycles. The van der Waals surface area contributed by atoms with Crippen molar-refractivity contribution in [1.82, 2.24) is 9.80 Å². The van der Waals surface area contributed by atoms with Gasteiger partial charge in [0.15, 0.2) is 0 Å². The number of rotatable bonds is 4. The van der Waals surface area contributed by atoms with E-state index in [4.69, 9.17) is 0 Å². The molecular formula is C18H30N2. The van der Waals surface area contributed by atoms with Crippen LogP contribution in [0, 0.1) is 0 Å². The number of benzene rings is 1. The van der Waals surface area contributed by atoms with E-state index in [-0.39, 0.29) is 0 Å². The van der Waals surface area contributed by atoms with Crippen molar-refractivity contribution >= 4 is 0 Å². The summed E-state index contributed by atoms with van der Waals surface area (Å²) in [4.78, 5) is 5.21. The molecule has 0 N–H and O–H groups in total. The van der Waals surface area contributed by atoms with Gasteiger partial charge in [-0.25, -0.2) is 0 Å². The molecule has 20 heavy (non-hydrogen) atoms. The van der Waals surface area contributed by atoms with Gasteiger partial charge in [-0.15, -0.1) is 0 Å².